The summed E-state index contributed by atoms with van der Waals surface area (Å²) in [7, 11) is 3.24. The van der Waals surface area contributed by atoms with Gasteiger partial charge in [-0.1, -0.05) is 24.3 Å². The van der Waals surface area contributed by atoms with Gasteiger partial charge in [0.05, 0.1) is 20.6 Å². The van der Waals surface area contributed by atoms with Gasteiger partial charge >= 0.3 is 0 Å². The van der Waals surface area contributed by atoms with Gasteiger partial charge in [0.15, 0.2) is 11.5 Å². The zero-order valence-corrected chi connectivity index (χ0v) is 11.4. The monoisotopic (exact) mass is 269 g/mol. The first-order chi connectivity index (χ1) is 9.72. The van der Waals surface area contributed by atoms with Crippen LogP contribution < -0.4 is 14.8 Å². The summed E-state index contributed by atoms with van der Waals surface area (Å²) in [5.41, 5.74) is 3.83. The van der Waals surface area contributed by atoms with Crippen LogP contribution in [-0.2, 0) is 11.2 Å². The number of methoxy groups -OCH3 is 2. The molecule has 0 saturated carbocycles. The van der Waals surface area contributed by atoms with Crippen LogP contribution in [0.25, 0.3) is 11.1 Å². The summed E-state index contributed by atoms with van der Waals surface area (Å²) in [6, 6.07) is 11.7. The molecule has 102 valence electrons. The summed E-state index contributed by atoms with van der Waals surface area (Å²) in [5, 5.41) is 2.86. The minimum absolute atomic E-state index is 0.0368. The highest BCUT2D eigenvalue weighted by Crippen LogP contribution is 2.39. The molecule has 0 aliphatic carbocycles. The fraction of sp³-hybridized carbons (Fsp3) is 0.188. The number of rotatable bonds is 3. The number of para-hydroxylation sites is 1. The molecule has 1 N–H and O–H groups in total. The fourth-order valence-electron chi connectivity index (χ4n) is 2.50. The molecular formula is C16H15NO3. The first kappa shape index (κ1) is 12.5. The Morgan fingerprint density at radius 2 is 1.95 bits per heavy atom. The number of benzene rings is 2. The highest BCUT2D eigenvalue weighted by Gasteiger charge is 2.19. The minimum Gasteiger partial charge on any atom is -0.493 e. The van der Waals surface area contributed by atoms with Crippen molar-refractivity contribution in [3.05, 3.63) is 42.0 Å². The molecule has 2 aromatic carbocycles. The molecule has 4 heteroatoms. The molecule has 0 spiro atoms. The van der Waals surface area contributed by atoms with Crippen molar-refractivity contribution in [3.63, 3.8) is 0 Å². The lowest BCUT2D eigenvalue weighted by Crippen LogP contribution is -2.03. The SMILES string of the molecule is COc1cccc(-c2ccc3c(c2)NC(=O)C3)c1OC. The molecule has 1 aliphatic rings. The van der Waals surface area contributed by atoms with Crippen LogP contribution in [0.2, 0.25) is 0 Å². The highest BCUT2D eigenvalue weighted by molar-refractivity contribution is 6.00. The van der Waals surface area contributed by atoms with Crippen molar-refractivity contribution in [2.45, 2.75) is 6.42 Å². The largest absolute Gasteiger partial charge is 0.493 e. The van der Waals surface area contributed by atoms with Crippen molar-refractivity contribution >= 4 is 11.6 Å². The standard InChI is InChI=1S/C16H15NO3/c1-19-14-5-3-4-12(16(14)20-2)10-6-7-11-9-15(18)17-13(11)8-10/h3-8H,9H2,1-2H3,(H,17,18). The van der Waals surface area contributed by atoms with E-state index in [0.717, 1.165) is 22.4 Å². The third-order valence-electron chi connectivity index (χ3n) is 3.45. The van der Waals surface area contributed by atoms with Crippen molar-refractivity contribution in [2.24, 2.45) is 0 Å². The molecule has 0 bridgehead atoms. The van der Waals surface area contributed by atoms with Gasteiger partial charge in [-0.25, -0.2) is 0 Å². The Kier molecular flexibility index (Phi) is 3.06. The third kappa shape index (κ3) is 1.99. The number of ether oxygens (including phenoxy) is 2. The summed E-state index contributed by atoms with van der Waals surface area (Å²) in [5.74, 6) is 1.42. The first-order valence-electron chi connectivity index (χ1n) is 6.37. The maximum atomic E-state index is 11.4. The number of amides is 1. The molecule has 2 aromatic rings. The van der Waals surface area contributed by atoms with E-state index in [4.69, 9.17) is 9.47 Å². The molecule has 1 heterocycles. The summed E-state index contributed by atoms with van der Waals surface area (Å²) >= 11 is 0. The van der Waals surface area contributed by atoms with Gasteiger partial charge in [-0.15, -0.1) is 0 Å². The Balaban J connectivity index is 2.10. The summed E-state index contributed by atoms with van der Waals surface area (Å²) in [4.78, 5) is 11.4. The van der Waals surface area contributed by atoms with E-state index in [1.807, 2.05) is 36.4 Å². The van der Waals surface area contributed by atoms with Crippen LogP contribution in [0.4, 0.5) is 5.69 Å². The smallest absolute Gasteiger partial charge is 0.228 e. The summed E-state index contributed by atoms with van der Waals surface area (Å²) < 4.78 is 10.8. The van der Waals surface area contributed by atoms with E-state index >= 15 is 0 Å². The molecule has 0 radical (unpaired) electrons. The zero-order chi connectivity index (χ0) is 14.1. The Hall–Kier alpha value is -2.49. The van der Waals surface area contributed by atoms with Crippen molar-refractivity contribution in [1.82, 2.24) is 0 Å². The van der Waals surface area contributed by atoms with Crippen LogP contribution in [0.1, 0.15) is 5.56 Å². The second kappa shape index (κ2) is 4.89. The first-order valence-corrected chi connectivity index (χ1v) is 6.37. The van der Waals surface area contributed by atoms with E-state index in [2.05, 4.69) is 5.32 Å². The van der Waals surface area contributed by atoms with Gasteiger partial charge in [-0.05, 0) is 23.3 Å². The van der Waals surface area contributed by atoms with Gasteiger partial charge in [0.1, 0.15) is 0 Å². The second-order valence-electron chi connectivity index (χ2n) is 4.64. The molecule has 0 unspecified atom stereocenters. The fourth-order valence-corrected chi connectivity index (χ4v) is 2.50. The molecule has 1 amide bonds. The number of anilines is 1. The highest BCUT2D eigenvalue weighted by atomic mass is 16.5. The third-order valence-corrected chi connectivity index (χ3v) is 3.45. The van der Waals surface area contributed by atoms with E-state index in [-0.39, 0.29) is 5.91 Å². The van der Waals surface area contributed by atoms with Crippen molar-refractivity contribution in [3.8, 4) is 22.6 Å². The lowest BCUT2D eigenvalue weighted by Gasteiger charge is -2.13. The Morgan fingerprint density at radius 3 is 2.70 bits per heavy atom. The van der Waals surface area contributed by atoms with E-state index in [9.17, 15) is 4.79 Å². The summed E-state index contributed by atoms with van der Waals surface area (Å²) in [6.07, 6.45) is 0.449. The van der Waals surface area contributed by atoms with Crippen LogP contribution in [0.5, 0.6) is 11.5 Å². The number of nitrogens with one attached hydrogen (secondary N) is 1. The Morgan fingerprint density at radius 1 is 1.10 bits per heavy atom. The van der Waals surface area contributed by atoms with Gasteiger partial charge in [0.2, 0.25) is 5.91 Å². The van der Waals surface area contributed by atoms with Crippen LogP contribution >= 0.6 is 0 Å². The van der Waals surface area contributed by atoms with Gasteiger partial charge in [0.25, 0.3) is 0 Å². The van der Waals surface area contributed by atoms with Crippen LogP contribution in [0.3, 0.4) is 0 Å². The Labute approximate surface area is 117 Å². The van der Waals surface area contributed by atoms with Crippen LogP contribution in [-0.4, -0.2) is 20.1 Å². The number of hydrogen-bond acceptors (Lipinski definition) is 3. The zero-order valence-electron chi connectivity index (χ0n) is 11.4. The predicted octanol–water partition coefficient (Wildman–Crippen LogP) is 2.87. The maximum absolute atomic E-state index is 11.4. The molecule has 20 heavy (non-hydrogen) atoms. The van der Waals surface area contributed by atoms with Gasteiger partial charge in [0, 0.05) is 11.3 Å². The maximum Gasteiger partial charge on any atom is 0.228 e. The summed E-state index contributed by atoms with van der Waals surface area (Å²) in [6.45, 7) is 0. The van der Waals surface area contributed by atoms with Gasteiger partial charge in [-0.3, -0.25) is 4.79 Å². The van der Waals surface area contributed by atoms with E-state index in [0.29, 0.717) is 17.9 Å². The van der Waals surface area contributed by atoms with Crippen molar-refractivity contribution in [1.29, 1.82) is 0 Å². The minimum atomic E-state index is 0.0368. The molecule has 0 fully saturated rings. The topological polar surface area (TPSA) is 47.6 Å². The van der Waals surface area contributed by atoms with E-state index in [1.165, 1.54) is 0 Å². The number of carbonyl (C=O) groups is 1. The Bertz CT molecular complexity index is 679. The molecule has 4 nitrogen and oxygen atoms in total. The average Bonchev–Trinajstić information content (AvgIpc) is 2.85. The van der Waals surface area contributed by atoms with Gasteiger partial charge < -0.3 is 14.8 Å². The molecule has 0 aromatic heterocycles. The van der Waals surface area contributed by atoms with Crippen molar-refractivity contribution in [2.75, 3.05) is 19.5 Å². The van der Waals surface area contributed by atoms with E-state index in [1.54, 1.807) is 14.2 Å². The molecule has 0 atom stereocenters. The van der Waals surface area contributed by atoms with Crippen LogP contribution in [0, 0.1) is 0 Å². The predicted molar refractivity (Wildman–Crippen MR) is 77.3 cm³/mol. The molecule has 0 saturated heterocycles. The normalized spacial score (nSPS) is 12.8. The van der Waals surface area contributed by atoms with E-state index < -0.39 is 0 Å². The van der Waals surface area contributed by atoms with Crippen LogP contribution in [0.15, 0.2) is 36.4 Å². The lowest BCUT2D eigenvalue weighted by molar-refractivity contribution is -0.115. The molecule has 1 aliphatic heterocycles. The number of hydrogen-bond donors (Lipinski definition) is 1. The molecule has 3 rings (SSSR count). The van der Waals surface area contributed by atoms with Gasteiger partial charge in [-0.2, -0.15) is 0 Å². The number of fused-ring (bicyclic) bond motifs is 1. The number of carbonyl (C=O) groups excluding carboxylic acids is 1. The average molecular weight is 269 g/mol. The van der Waals surface area contributed by atoms with Crippen molar-refractivity contribution < 1.29 is 14.3 Å². The second-order valence-corrected chi connectivity index (χ2v) is 4.64. The molecular weight excluding hydrogens is 254 g/mol. The quantitative estimate of drug-likeness (QED) is 0.932. The lowest BCUT2D eigenvalue weighted by atomic mass is 10.0.